The molecule has 0 aliphatic carbocycles. The third kappa shape index (κ3) is 1.51. The molecule has 0 spiro atoms. The second-order valence-electron chi connectivity index (χ2n) is 4.65. The van der Waals surface area contributed by atoms with Gasteiger partial charge in [-0.2, -0.15) is 0 Å². The lowest BCUT2D eigenvalue weighted by Gasteiger charge is -2.08. The number of aliphatic imine (C=N–C) groups is 1. The van der Waals surface area contributed by atoms with E-state index in [0.29, 0.717) is 5.89 Å². The van der Waals surface area contributed by atoms with Crippen molar-refractivity contribution in [3.05, 3.63) is 47.4 Å². The first-order valence-electron chi connectivity index (χ1n) is 6.26. The van der Waals surface area contributed by atoms with Gasteiger partial charge >= 0.3 is 0 Å². The van der Waals surface area contributed by atoms with Crippen LogP contribution in [0.25, 0.3) is 11.1 Å². The zero-order valence-electron chi connectivity index (χ0n) is 10.5. The molecule has 0 atom stereocenters. The number of hydrogen-bond donors (Lipinski definition) is 1. The summed E-state index contributed by atoms with van der Waals surface area (Å²) >= 11 is 0. The number of oxazole rings is 1. The molecule has 0 radical (unpaired) electrons. The Hall–Kier alpha value is -2.43. The van der Waals surface area contributed by atoms with E-state index in [0.717, 1.165) is 46.7 Å². The van der Waals surface area contributed by atoms with Crippen molar-refractivity contribution in [2.24, 2.45) is 4.99 Å². The Balaban J connectivity index is 1.92. The average Bonchev–Trinajstić information content (AvgIpc) is 3.05. The van der Waals surface area contributed by atoms with Crippen LogP contribution in [0.1, 0.15) is 22.8 Å². The summed E-state index contributed by atoms with van der Waals surface area (Å²) in [5.41, 5.74) is 5.47. The van der Waals surface area contributed by atoms with Gasteiger partial charge in [0.25, 0.3) is 0 Å². The van der Waals surface area contributed by atoms with E-state index < -0.39 is 0 Å². The summed E-state index contributed by atoms with van der Waals surface area (Å²) in [4.78, 5) is 16.5. The predicted octanol–water partition coefficient (Wildman–Crippen LogP) is 2.25. The average molecular weight is 252 g/mol. The lowest BCUT2D eigenvalue weighted by atomic mass is 10.1. The second kappa shape index (κ2) is 3.78. The van der Waals surface area contributed by atoms with Crippen molar-refractivity contribution in [1.82, 2.24) is 15.0 Å². The third-order valence-corrected chi connectivity index (χ3v) is 3.39. The number of aromatic amines is 1. The van der Waals surface area contributed by atoms with Gasteiger partial charge in [0.15, 0.2) is 5.58 Å². The van der Waals surface area contributed by atoms with Crippen molar-refractivity contribution in [3.8, 4) is 0 Å². The highest BCUT2D eigenvalue weighted by Gasteiger charge is 2.22. The number of rotatable bonds is 1. The molecule has 1 aliphatic heterocycles. The van der Waals surface area contributed by atoms with Gasteiger partial charge in [0.2, 0.25) is 5.89 Å². The van der Waals surface area contributed by atoms with Crippen molar-refractivity contribution < 1.29 is 4.42 Å². The number of benzene rings is 1. The summed E-state index contributed by atoms with van der Waals surface area (Å²) in [6.45, 7) is 2.75. The highest BCUT2D eigenvalue weighted by Crippen LogP contribution is 2.23. The van der Waals surface area contributed by atoms with E-state index in [2.05, 4.69) is 19.9 Å². The minimum atomic E-state index is 0.553. The van der Waals surface area contributed by atoms with Gasteiger partial charge in [-0.15, -0.1) is 0 Å². The fraction of sp³-hybridized carbons (Fsp3) is 0.214. The third-order valence-electron chi connectivity index (χ3n) is 3.39. The lowest BCUT2D eigenvalue weighted by molar-refractivity contribution is 0.586. The normalized spacial score (nSPS) is 14.5. The molecule has 0 bridgehead atoms. The van der Waals surface area contributed by atoms with Gasteiger partial charge in [-0.1, -0.05) is 12.1 Å². The molecule has 94 valence electrons. The smallest absolute Gasteiger partial charge is 0.248 e. The van der Waals surface area contributed by atoms with E-state index in [1.54, 1.807) is 6.33 Å². The summed E-state index contributed by atoms with van der Waals surface area (Å²) in [5.74, 6) is 0.553. The van der Waals surface area contributed by atoms with Crippen LogP contribution in [0.3, 0.4) is 0 Å². The Morgan fingerprint density at radius 1 is 1.32 bits per heavy atom. The zero-order chi connectivity index (χ0) is 12.8. The molecular weight excluding hydrogens is 240 g/mol. The van der Waals surface area contributed by atoms with Crippen LogP contribution in [0, 0.1) is 6.92 Å². The van der Waals surface area contributed by atoms with Crippen LogP contribution in [0.2, 0.25) is 0 Å². The number of para-hydroxylation sites is 1. The molecule has 3 aromatic rings. The van der Waals surface area contributed by atoms with Crippen molar-refractivity contribution in [3.63, 3.8) is 0 Å². The van der Waals surface area contributed by atoms with Gasteiger partial charge in [-0.3, -0.25) is 4.99 Å². The van der Waals surface area contributed by atoms with E-state index in [1.807, 2.05) is 25.1 Å². The fourth-order valence-corrected chi connectivity index (χ4v) is 2.43. The molecule has 0 unspecified atom stereocenters. The van der Waals surface area contributed by atoms with Crippen LogP contribution in [0.4, 0.5) is 0 Å². The Morgan fingerprint density at radius 2 is 2.26 bits per heavy atom. The molecular formula is C14H12N4O. The largest absolute Gasteiger partial charge is 0.434 e. The molecule has 1 N–H and O–H groups in total. The molecule has 0 saturated carbocycles. The Kier molecular flexibility index (Phi) is 2.09. The SMILES string of the molecule is Cc1cccc2nc(C3=NCCc4[nH]cnc43)oc12. The quantitative estimate of drug-likeness (QED) is 0.722. The summed E-state index contributed by atoms with van der Waals surface area (Å²) in [5, 5.41) is 0. The Labute approximate surface area is 109 Å². The predicted molar refractivity (Wildman–Crippen MR) is 71.5 cm³/mol. The van der Waals surface area contributed by atoms with Crippen LogP contribution < -0.4 is 0 Å². The molecule has 5 heteroatoms. The number of imidazole rings is 1. The Bertz CT molecular complexity index is 797. The van der Waals surface area contributed by atoms with Crippen molar-refractivity contribution in [2.75, 3.05) is 6.54 Å². The van der Waals surface area contributed by atoms with Crippen LogP contribution in [0.15, 0.2) is 33.9 Å². The molecule has 5 nitrogen and oxygen atoms in total. The molecule has 0 amide bonds. The number of H-pyrrole nitrogens is 1. The van der Waals surface area contributed by atoms with Crippen LogP contribution in [0.5, 0.6) is 0 Å². The van der Waals surface area contributed by atoms with Crippen molar-refractivity contribution in [2.45, 2.75) is 13.3 Å². The van der Waals surface area contributed by atoms with Gasteiger partial charge in [0.1, 0.15) is 16.9 Å². The molecule has 19 heavy (non-hydrogen) atoms. The molecule has 0 saturated heterocycles. The molecule has 1 aliphatic rings. The highest BCUT2D eigenvalue weighted by atomic mass is 16.3. The number of fused-ring (bicyclic) bond motifs is 2. The van der Waals surface area contributed by atoms with Gasteiger partial charge in [0, 0.05) is 18.7 Å². The monoisotopic (exact) mass is 252 g/mol. The fourth-order valence-electron chi connectivity index (χ4n) is 2.43. The van der Waals surface area contributed by atoms with Gasteiger partial charge in [-0.25, -0.2) is 9.97 Å². The first-order chi connectivity index (χ1) is 9.33. The van der Waals surface area contributed by atoms with Crippen molar-refractivity contribution >= 4 is 16.8 Å². The zero-order valence-corrected chi connectivity index (χ0v) is 10.5. The molecule has 2 aromatic heterocycles. The maximum absolute atomic E-state index is 5.87. The van der Waals surface area contributed by atoms with Gasteiger partial charge in [-0.05, 0) is 18.6 Å². The summed E-state index contributed by atoms with van der Waals surface area (Å²) < 4.78 is 5.87. The summed E-state index contributed by atoms with van der Waals surface area (Å²) in [7, 11) is 0. The Morgan fingerprint density at radius 3 is 3.16 bits per heavy atom. The lowest BCUT2D eigenvalue weighted by Crippen LogP contribution is -2.14. The van der Waals surface area contributed by atoms with E-state index in [4.69, 9.17) is 4.42 Å². The first kappa shape index (κ1) is 10.5. The topological polar surface area (TPSA) is 67.1 Å². The maximum Gasteiger partial charge on any atom is 0.248 e. The summed E-state index contributed by atoms with van der Waals surface area (Å²) in [6, 6.07) is 5.94. The molecule has 1 aromatic carbocycles. The van der Waals surface area contributed by atoms with Gasteiger partial charge < -0.3 is 9.40 Å². The minimum Gasteiger partial charge on any atom is -0.434 e. The minimum absolute atomic E-state index is 0.553. The van der Waals surface area contributed by atoms with Crippen LogP contribution >= 0.6 is 0 Å². The van der Waals surface area contributed by atoms with E-state index in [1.165, 1.54) is 0 Å². The van der Waals surface area contributed by atoms with E-state index in [9.17, 15) is 0 Å². The van der Waals surface area contributed by atoms with Crippen molar-refractivity contribution in [1.29, 1.82) is 0 Å². The standard InChI is InChI=1S/C14H12N4O/c1-8-3-2-4-10-13(8)19-14(18-10)12-11-9(5-6-15-12)16-7-17-11/h2-4,7H,5-6H2,1H3,(H,16,17). The second-order valence-corrected chi connectivity index (χ2v) is 4.65. The molecule has 4 rings (SSSR count). The number of nitrogens with one attached hydrogen (secondary N) is 1. The van der Waals surface area contributed by atoms with Crippen LogP contribution in [-0.4, -0.2) is 27.2 Å². The number of aromatic nitrogens is 3. The number of hydrogen-bond acceptors (Lipinski definition) is 4. The number of aryl methyl sites for hydroxylation is 1. The van der Waals surface area contributed by atoms with Gasteiger partial charge in [0.05, 0.1) is 6.33 Å². The number of nitrogens with zero attached hydrogens (tertiary/aromatic N) is 3. The van der Waals surface area contributed by atoms with E-state index >= 15 is 0 Å². The maximum atomic E-state index is 5.87. The first-order valence-corrected chi connectivity index (χ1v) is 6.26. The van der Waals surface area contributed by atoms with E-state index in [-0.39, 0.29) is 0 Å². The molecule has 3 heterocycles. The highest BCUT2D eigenvalue weighted by molar-refractivity contribution is 6.10. The molecule has 0 fully saturated rings. The summed E-state index contributed by atoms with van der Waals surface area (Å²) in [6.07, 6.45) is 2.58. The van der Waals surface area contributed by atoms with Crippen LogP contribution in [-0.2, 0) is 6.42 Å².